The molecule has 5 unspecified atom stereocenters. The van der Waals surface area contributed by atoms with Crippen molar-refractivity contribution >= 4 is 0 Å². The van der Waals surface area contributed by atoms with Crippen LogP contribution in [-0.2, 0) is 12.8 Å². The number of nitrogens with zero attached hydrogens (tertiary/aromatic N) is 1. The van der Waals surface area contributed by atoms with E-state index in [1.807, 2.05) is 0 Å². The molecule has 2 nitrogen and oxygen atoms in total. The largest absolute Gasteiger partial charge is 0.508 e. The number of hydrogen-bond donors (Lipinski definition) is 1. The van der Waals surface area contributed by atoms with Crippen molar-refractivity contribution in [2.75, 3.05) is 13.1 Å². The number of benzene rings is 1. The molecule has 100 valence electrons. The Morgan fingerprint density at radius 3 is 3.00 bits per heavy atom. The summed E-state index contributed by atoms with van der Waals surface area (Å²) in [5.74, 6) is -0.0770. The molecule has 1 aromatic rings. The maximum atomic E-state index is 10.2. The van der Waals surface area contributed by atoms with Crippen LogP contribution in [0.5, 0.6) is 5.75 Å². The Kier molecular flexibility index (Phi) is 2.41. The van der Waals surface area contributed by atoms with Crippen LogP contribution in [-0.4, -0.2) is 29.1 Å². The van der Waals surface area contributed by atoms with Crippen molar-refractivity contribution in [3.8, 4) is 5.75 Å². The second kappa shape index (κ2) is 6.24. The van der Waals surface area contributed by atoms with Gasteiger partial charge in [0, 0.05) is 15.6 Å². The van der Waals surface area contributed by atoms with Crippen molar-refractivity contribution in [2.24, 2.45) is 0 Å². The lowest BCUT2D eigenvalue weighted by Gasteiger charge is -2.35. The van der Waals surface area contributed by atoms with E-state index in [0.717, 1.165) is 0 Å². The SMILES string of the molecule is [3H]CC([3H])CN(CC([3H])C[3H])C1([3H])C([3H])Cc2cccc(O)c2C1[3H]. The first-order valence-corrected chi connectivity index (χ1v) is 6.08. The third-order valence-electron chi connectivity index (χ3n) is 3.06. The number of aryl methyl sites for hydroxylation is 1. The average Bonchev–Trinajstić information content (AvgIpc) is 2.58. The molecule has 5 atom stereocenters. The summed E-state index contributed by atoms with van der Waals surface area (Å²) in [6.07, 6.45) is -3.64. The molecule has 0 aromatic heterocycles. The molecule has 2 heteroatoms. The van der Waals surface area contributed by atoms with E-state index in [2.05, 4.69) is 0 Å². The number of hydrogen-bond acceptors (Lipinski definition) is 2. The molecule has 0 saturated carbocycles. The Balaban J connectivity index is 2.44. The molecule has 2 rings (SSSR count). The molecule has 0 fully saturated rings. The standard InChI is InChI=1S/C16H25NO/c1-3-10-17(11-4-2)14-9-8-13-6-5-7-16(18)15(13)12-14/h5-7,14,18H,3-4,8-12H2,1-2H3/i1T,2T,3T,4T,9T,12T,14T. The Bertz CT molecular complexity index is 578. The van der Waals surface area contributed by atoms with Gasteiger partial charge >= 0.3 is 0 Å². The number of fused-ring (bicyclic) bond motifs is 1. The van der Waals surface area contributed by atoms with Crippen LogP contribution in [0.15, 0.2) is 18.2 Å². The Morgan fingerprint density at radius 1 is 1.50 bits per heavy atom. The van der Waals surface area contributed by atoms with Gasteiger partial charge in [0.05, 0.1) is 0 Å². The van der Waals surface area contributed by atoms with E-state index in [4.69, 9.17) is 9.60 Å². The van der Waals surface area contributed by atoms with Gasteiger partial charge in [-0.1, -0.05) is 25.9 Å². The fourth-order valence-corrected chi connectivity index (χ4v) is 2.18. The zero-order valence-electron chi connectivity index (χ0n) is 17.5. The van der Waals surface area contributed by atoms with Crippen LogP contribution in [0, 0.1) is 0 Å². The molecule has 0 saturated heterocycles. The van der Waals surface area contributed by atoms with Crippen LogP contribution in [0.4, 0.5) is 0 Å². The van der Waals surface area contributed by atoms with E-state index in [1.165, 1.54) is 11.0 Å². The summed E-state index contributed by atoms with van der Waals surface area (Å²) in [7, 11) is 0. The Hall–Kier alpha value is -1.02. The van der Waals surface area contributed by atoms with Gasteiger partial charge in [-0.15, -0.1) is 0 Å². The van der Waals surface area contributed by atoms with E-state index in [9.17, 15) is 5.11 Å². The van der Waals surface area contributed by atoms with E-state index < -0.39 is 31.6 Å². The molecule has 0 aliphatic heterocycles. The van der Waals surface area contributed by atoms with E-state index >= 15 is 0 Å². The van der Waals surface area contributed by atoms with Crippen LogP contribution in [0.2, 0.25) is 0 Å². The molecule has 0 heterocycles. The first-order valence-electron chi connectivity index (χ1n) is 10.3. The highest BCUT2D eigenvalue weighted by molar-refractivity contribution is 5.41. The molecule has 0 radical (unpaired) electrons. The van der Waals surface area contributed by atoms with Crippen molar-refractivity contribution < 1.29 is 14.7 Å². The predicted octanol–water partition coefficient (Wildman–Crippen LogP) is 3.37. The fraction of sp³-hybridized carbons (Fsp3) is 0.625. The predicted molar refractivity (Wildman–Crippen MR) is 76.1 cm³/mol. The number of phenolic OH excluding ortho intramolecular Hbond substituents is 1. The summed E-state index contributed by atoms with van der Waals surface area (Å²) in [6, 6.07) is 3.12. The third-order valence-corrected chi connectivity index (χ3v) is 3.06. The second-order valence-corrected chi connectivity index (χ2v) is 4.31. The van der Waals surface area contributed by atoms with Crippen LogP contribution in [0.25, 0.3) is 0 Å². The first-order chi connectivity index (χ1) is 11.7. The summed E-state index contributed by atoms with van der Waals surface area (Å²) in [4.78, 5) is 1.44. The number of rotatable bonds is 5. The van der Waals surface area contributed by atoms with Gasteiger partial charge in [-0.25, -0.2) is 0 Å². The van der Waals surface area contributed by atoms with Gasteiger partial charge in [0.15, 0.2) is 0 Å². The Labute approximate surface area is 120 Å². The van der Waals surface area contributed by atoms with Crippen molar-refractivity contribution in [1.29, 1.82) is 0 Å². The normalized spacial score (nSPS) is 40.2. The summed E-state index contributed by atoms with van der Waals surface area (Å²) >= 11 is 0. The molecule has 1 N–H and O–H groups in total. The second-order valence-electron chi connectivity index (χ2n) is 4.31. The summed E-state index contributed by atoms with van der Waals surface area (Å²) in [5.41, 5.74) is 1.000. The minimum atomic E-state index is -1.74. The summed E-state index contributed by atoms with van der Waals surface area (Å²) < 4.78 is 56.4. The lowest BCUT2D eigenvalue weighted by atomic mass is 9.86. The highest BCUT2D eigenvalue weighted by atomic mass is 16.3. The smallest absolute Gasteiger partial charge is 0.119 e. The van der Waals surface area contributed by atoms with Gasteiger partial charge in [0.2, 0.25) is 0 Å². The topological polar surface area (TPSA) is 23.5 Å². The molecule has 1 aliphatic rings. The van der Waals surface area contributed by atoms with Crippen LogP contribution < -0.4 is 0 Å². The summed E-state index contributed by atoms with van der Waals surface area (Å²) in [6.45, 7) is -0.362. The molecule has 1 aliphatic carbocycles. The van der Waals surface area contributed by atoms with Crippen molar-refractivity contribution in [3.63, 3.8) is 0 Å². The van der Waals surface area contributed by atoms with Gasteiger partial charge in [-0.3, -0.25) is 0 Å². The molecular weight excluding hydrogens is 222 g/mol. The molecule has 18 heavy (non-hydrogen) atoms. The van der Waals surface area contributed by atoms with E-state index in [-0.39, 0.29) is 39.1 Å². The van der Waals surface area contributed by atoms with Crippen LogP contribution in [0.3, 0.4) is 0 Å². The number of phenols is 1. The van der Waals surface area contributed by atoms with Gasteiger partial charge in [-0.2, -0.15) is 0 Å². The average molecular weight is 261 g/mol. The van der Waals surface area contributed by atoms with E-state index in [0.29, 0.717) is 11.1 Å². The lowest BCUT2D eigenvalue weighted by molar-refractivity contribution is 0.179. The quantitative estimate of drug-likeness (QED) is 0.878. The molecule has 0 spiro atoms. The number of aromatic hydroxyl groups is 1. The highest BCUT2D eigenvalue weighted by Crippen LogP contribution is 2.30. The summed E-state index contributed by atoms with van der Waals surface area (Å²) in [5, 5.41) is 10.2. The van der Waals surface area contributed by atoms with Gasteiger partial charge in [0.1, 0.15) is 5.75 Å². The zero-order chi connectivity index (χ0) is 18.8. The minimum absolute atomic E-state index is 0.00390. The first kappa shape index (κ1) is 6.95. The van der Waals surface area contributed by atoms with Gasteiger partial charge < -0.3 is 10.0 Å². The van der Waals surface area contributed by atoms with Crippen molar-refractivity contribution in [1.82, 2.24) is 4.90 Å². The molecule has 0 amide bonds. The molecule has 1 aromatic carbocycles. The van der Waals surface area contributed by atoms with Crippen LogP contribution >= 0.6 is 0 Å². The van der Waals surface area contributed by atoms with Crippen molar-refractivity contribution in [2.45, 2.75) is 51.8 Å². The zero-order valence-corrected chi connectivity index (χ0v) is 10.5. The van der Waals surface area contributed by atoms with Gasteiger partial charge in [0.25, 0.3) is 0 Å². The fourth-order valence-electron chi connectivity index (χ4n) is 2.18. The third kappa shape index (κ3) is 2.86. The molecule has 0 bridgehead atoms. The lowest BCUT2D eigenvalue weighted by Crippen LogP contribution is -2.40. The maximum absolute atomic E-state index is 10.2. The highest BCUT2D eigenvalue weighted by Gasteiger charge is 2.24. The minimum Gasteiger partial charge on any atom is -0.508 e. The Morgan fingerprint density at radius 2 is 2.28 bits per heavy atom. The molecular formula is C16H25NO. The monoisotopic (exact) mass is 261 g/mol. The van der Waals surface area contributed by atoms with Crippen LogP contribution in [0.1, 0.15) is 53.7 Å². The maximum Gasteiger partial charge on any atom is 0.119 e. The van der Waals surface area contributed by atoms with Crippen molar-refractivity contribution in [3.05, 3.63) is 29.3 Å². The van der Waals surface area contributed by atoms with Gasteiger partial charge in [-0.05, 0) is 62.3 Å². The van der Waals surface area contributed by atoms with E-state index in [1.54, 1.807) is 12.1 Å².